The van der Waals surface area contributed by atoms with Crippen LogP contribution in [0.5, 0.6) is 0 Å². The second-order valence-corrected chi connectivity index (χ2v) is 4.05. The Morgan fingerprint density at radius 3 is 2.73 bits per heavy atom. The molecule has 0 heterocycles. The van der Waals surface area contributed by atoms with Gasteiger partial charge in [-0.3, -0.25) is 0 Å². The van der Waals surface area contributed by atoms with Crippen LogP contribution >= 0.6 is 0 Å². The first kappa shape index (κ1) is 14.6. The zero-order valence-electron chi connectivity index (χ0n) is 10.3. The van der Waals surface area contributed by atoms with Gasteiger partial charge in [0.2, 0.25) is 0 Å². The quantitative estimate of drug-likeness (QED) is 0.454. The minimum absolute atomic E-state index is 0.107. The van der Waals surface area contributed by atoms with Crippen LogP contribution in [-0.4, -0.2) is 37.5 Å². The van der Waals surface area contributed by atoms with Crippen LogP contribution in [0.1, 0.15) is 33.6 Å². The van der Waals surface area contributed by atoms with Gasteiger partial charge in [0, 0.05) is 12.6 Å². The molecule has 90 valence electrons. The molecule has 0 aliphatic rings. The van der Waals surface area contributed by atoms with Gasteiger partial charge in [-0.1, -0.05) is 11.6 Å². The average Bonchev–Trinajstić information content (AvgIpc) is 2.17. The molecule has 0 saturated carbocycles. The normalized spacial score (nSPS) is 12.5. The van der Waals surface area contributed by atoms with E-state index >= 15 is 0 Å². The van der Waals surface area contributed by atoms with Gasteiger partial charge in [0.05, 0.1) is 19.8 Å². The van der Waals surface area contributed by atoms with Crippen LogP contribution in [0, 0.1) is 0 Å². The zero-order chi connectivity index (χ0) is 11.5. The summed E-state index contributed by atoms with van der Waals surface area (Å²) < 4.78 is 5.15. The maximum absolute atomic E-state index is 8.49. The highest BCUT2D eigenvalue weighted by atomic mass is 16.5. The Labute approximate surface area is 93.5 Å². The summed E-state index contributed by atoms with van der Waals surface area (Å²) in [6.07, 6.45) is 4.56. The van der Waals surface area contributed by atoms with Crippen molar-refractivity contribution in [1.29, 1.82) is 0 Å². The Balaban J connectivity index is 3.26. The summed E-state index contributed by atoms with van der Waals surface area (Å²) >= 11 is 0. The van der Waals surface area contributed by atoms with Crippen molar-refractivity contribution in [2.45, 2.75) is 39.7 Å². The van der Waals surface area contributed by atoms with E-state index in [1.165, 1.54) is 5.57 Å². The van der Waals surface area contributed by atoms with Crippen LogP contribution in [0.2, 0.25) is 0 Å². The van der Waals surface area contributed by atoms with Crippen molar-refractivity contribution in [2.24, 2.45) is 0 Å². The molecular formula is C12H25NO2. The number of hydrogen-bond acceptors (Lipinski definition) is 3. The van der Waals surface area contributed by atoms with Crippen molar-refractivity contribution in [3.05, 3.63) is 11.6 Å². The summed E-state index contributed by atoms with van der Waals surface area (Å²) in [5.74, 6) is 0. The molecule has 3 heteroatoms. The van der Waals surface area contributed by atoms with E-state index in [1.54, 1.807) is 0 Å². The molecule has 0 bridgehead atoms. The maximum atomic E-state index is 8.49. The molecule has 0 spiro atoms. The Kier molecular flexibility index (Phi) is 9.89. The van der Waals surface area contributed by atoms with Crippen molar-refractivity contribution >= 4 is 0 Å². The van der Waals surface area contributed by atoms with Gasteiger partial charge >= 0.3 is 0 Å². The first-order valence-electron chi connectivity index (χ1n) is 5.72. The highest BCUT2D eigenvalue weighted by Gasteiger charge is 1.98. The molecule has 0 aromatic carbocycles. The Hall–Kier alpha value is -0.380. The molecule has 0 radical (unpaired) electrons. The van der Waals surface area contributed by atoms with Gasteiger partial charge in [-0.2, -0.15) is 0 Å². The van der Waals surface area contributed by atoms with Crippen LogP contribution in [0.4, 0.5) is 0 Å². The molecule has 1 unspecified atom stereocenters. The number of ether oxygens (including phenoxy) is 1. The fraction of sp³-hybridized carbons (Fsp3) is 0.833. The number of aliphatic hydroxyl groups is 1. The van der Waals surface area contributed by atoms with Gasteiger partial charge in [-0.25, -0.2) is 0 Å². The van der Waals surface area contributed by atoms with Crippen LogP contribution in [0.15, 0.2) is 11.6 Å². The molecule has 0 aliphatic carbocycles. The first-order chi connectivity index (χ1) is 7.16. The molecule has 1 atom stereocenters. The second-order valence-electron chi connectivity index (χ2n) is 4.05. The standard InChI is InChI=1S/C12H25NO2/c1-11(2)5-4-6-12(3)13-7-9-15-10-8-14/h5,12-14H,4,6-10H2,1-3H3. The summed E-state index contributed by atoms with van der Waals surface area (Å²) in [4.78, 5) is 0. The number of allylic oxidation sites excluding steroid dienone is 2. The van der Waals surface area contributed by atoms with Crippen LogP contribution in [0.25, 0.3) is 0 Å². The van der Waals surface area contributed by atoms with E-state index in [-0.39, 0.29) is 6.61 Å². The van der Waals surface area contributed by atoms with E-state index in [4.69, 9.17) is 9.84 Å². The summed E-state index contributed by atoms with van der Waals surface area (Å²) in [5.41, 5.74) is 1.38. The van der Waals surface area contributed by atoms with Crippen LogP contribution < -0.4 is 5.32 Å². The lowest BCUT2D eigenvalue weighted by Crippen LogP contribution is -2.29. The van der Waals surface area contributed by atoms with Crippen molar-refractivity contribution in [2.75, 3.05) is 26.4 Å². The predicted octanol–water partition coefficient (Wildman–Crippen LogP) is 1.72. The Morgan fingerprint density at radius 2 is 2.13 bits per heavy atom. The fourth-order valence-corrected chi connectivity index (χ4v) is 1.27. The van der Waals surface area contributed by atoms with E-state index in [0.29, 0.717) is 19.3 Å². The van der Waals surface area contributed by atoms with Crippen molar-refractivity contribution in [1.82, 2.24) is 5.32 Å². The molecule has 3 nitrogen and oxygen atoms in total. The minimum atomic E-state index is 0.107. The highest BCUT2D eigenvalue weighted by molar-refractivity contribution is 4.93. The van der Waals surface area contributed by atoms with Crippen LogP contribution in [-0.2, 0) is 4.74 Å². The van der Waals surface area contributed by atoms with E-state index in [9.17, 15) is 0 Å². The fourth-order valence-electron chi connectivity index (χ4n) is 1.27. The lowest BCUT2D eigenvalue weighted by Gasteiger charge is -2.12. The summed E-state index contributed by atoms with van der Waals surface area (Å²) in [6, 6.07) is 0.526. The third-order valence-corrected chi connectivity index (χ3v) is 2.13. The summed E-state index contributed by atoms with van der Waals surface area (Å²) in [5, 5.41) is 11.9. The minimum Gasteiger partial charge on any atom is -0.394 e. The number of nitrogens with one attached hydrogen (secondary N) is 1. The smallest absolute Gasteiger partial charge is 0.0698 e. The zero-order valence-corrected chi connectivity index (χ0v) is 10.3. The molecular weight excluding hydrogens is 190 g/mol. The van der Waals surface area contributed by atoms with Gasteiger partial charge in [0.15, 0.2) is 0 Å². The first-order valence-corrected chi connectivity index (χ1v) is 5.72. The van der Waals surface area contributed by atoms with E-state index in [2.05, 4.69) is 32.2 Å². The Morgan fingerprint density at radius 1 is 1.40 bits per heavy atom. The number of hydrogen-bond donors (Lipinski definition) is 2. The molecule has 0 aliphatic heterocycles. The molecule has 0 saturated heterocycles. The lowest BCUT2D eigenvalue weighted by atomic mass is 10.1. The maximum Gasteiger partial charge on any atom is 0.0698 e. The topological polar surface area (TPSA) is 41.5 Å². The highest BCUT2D eigenvalue weighted by Crippen LogP contribution is 2.00. The van der Waals surface area contributed by atoms with Gasteiger partial charge < -0.3 is 15.2 Å². The molecule has 2 N–H and O–H groups in total. The van der Waals surface area contributed by atoms with Gasteiger partial charge in [0.25, 0.3) is 0 Å². The summed E-state index contributed by atoms with van der Waals surface area (Å²) in [7, 11) is 0. The molecule has 0 rings (SSSR count). The largest absolute Gasteiger partial charge is 0.394 e. The number of aliphatic hydroxyl groups excluding tert-OH is 1. The van der Waals surface area contributed by atoms with Gasteiger partial charge in [0.1, 0.15) is 0 Å². The monoisotopic (exact) mass is 215 g/mol. The lowest BCUT2D eigenvalue weighted by molar-refractivity contribution is 0.0927. The SMILES string of the molecule is CC(C)=CCCC(C)NCCOCCO. The molecule has 0 amide bonds. The molecule has 15 heavy (non-hydrogen) atoms. The Bertz CT molecular complexity index is 165. The average molecular weight is 215 g/mol. The predicted molar refractivity (Wildman–Crippen MR) is 64.0 cm³/mol. The van der Waals surface area contributed by atoms with E-state index < -0.39 is 0 Å². The van der Waals surface area contributed by atoms with Gasteiger partial charge in [-0.05, 0) is 33.6 Å². The van der Waals surface area contributed by atoms with Crippen molar-refractivity contribution in [3.63, 3.8) is 0 Å². The van der Waals surface area contributed by atoms with Gasteiger partial charge in [-0.15, -0.1) is 0 Å². The van der Waals surface area contributed by atoms with E-state index in [0.717, 1.165) is 19.4 Å². The van der Waals surface area contributed by atoms with Crippen molar-refractivity contribution < 1.29 is 9.84 Å². The third kappa shape index (κ3) is 11.5. The molecule has 0 aromatic rings. The summed E-state index contributed by atoms with van der Waals surface area (Å²) in [6.45, 7) is 8.51. The number of rotatable bonds is 9. The second kappa shape index (κ2) is 10.1. The van der Waals surface area contributed by atoms with Crippen molar-refractivity contribution in [3.8, 4) is 0 Å². The molecule has 0 fully saturated rings. The third-order valence-electron chi connectivity index (χ3n) is 2.13. The molecule has 0 aromatic heterocycles. The van der Waals surface area contributed by atoms with Crippen LogP contribution in [0.3, 0.4) is 0 Å². The van der Waals surface area contributed by atoms with E-state index in [1.807, 2.05) is 0 Å².